The van der Waals surface area contributed by atoms with E-state index < -0.39 is 11.7 Å². The van der Waals surface area contributed by atoms with Crippen LogP contribution in [0.3, 0.4) is 0 Å². The monoisotopic (exact) mass is 434 g/mol. The molecular weight excluding hydrogens is 409 g/mol. The second-order valence-corrected chi connectivity index (χ2v) is 8.45. The van der Waals surface area contributed by atoms with E-state index in [2.05, 4.69) is 31.7 Å². The number of aromatic nitrogens is 3. The minimum Gasteiger partial charge on any atom is -0.393 e. The fourth-order valence-corrected chi connectivity index (χ4v) is 3.70. The highest BCUT2D eigenvalue weighted by Crippen LogP contribution is 2.37. The van der Waals surface area contributed by atoms with E-state index in [1.165, 1.54) is 12.4 Å². The topological polar surface area (TPSA) is 107 Å². The molecule has 0 radical (unpaired) electrons. The molecule has 0 saturated heterocycles. The fraction of sp³-hybridized carbons (Fsp3) is 0.524. The Hall–Kier alpha value is -2.93. The lowest BCUT2D eigenvalue weighted by atomic mass is 9.73. The maximum Gasteiger partial charge on any atom is 0.417 e. The van der Waals surface area contributed by atoms with Crippen LogP contribution in [0.2, 0.25) is 0 Å². The Morgan fingerprint density at radius 3 is 2.71 bits per heavy atom. The van der Waals surface area contributed by atoms with E-state index in [4.69, 9.17) is 0 Å². The summed E-state index contributed by atoms with van der Waals surface area (Å²) in [6, 6.07) is 3.19. The standard InChI is InChI=1S/C21H25F3N6O/c1-20(2)8-16(3-4-17(20)31)29-18-14(9-25)11-28-19(30-18)27-6-5-13-7-15(12-26-10-13)21(22,23)24/h7,10-12,16-17,31H,3-6,8H2,1-2H3,(H2,27,28,29,30)/t16-,17+/m1/s1. The van der Waals surface area contributed by atoms with Crippen molar-refractivity contribution in [2.45, 2.75) is 57.9 Å². The molecule has 10 heteroatoms. The average molecular weight is 434 g/mol. The predicted molar refractivity (Wildman–Crippen MR) is 109 cm³/mol. The van der Waals surface area contributed by atoms with Crippen LogP contribution in [0.5, 0.6) is 0 Å². The van der Waals surface area contributed by atoms with Gasteiger partial charge in [-0.1, -0.05) is 13.8 Å². The van der Waals surface area contributed by atoms with Crippen molar-refractivity contribution in [2.75, 3.05) is 17.2 Å². The van der Waals surface area contributed by atoms with Gasteiger partial charge in [0, 0.05) is 25.0 Å². The summed E-state index contributed by atoms with van der Waals surface area (Å²) >= 11 is 0. The molecular formula is C21H25F3N6O. The lowest BCUT2D eigenvalue weighted by Crippen LogP contribution is -2.41. The average Bonchev–Trinajstić information content (AvgIpc) is 2.70. The third-order valence-corrected chi connectivity index (χ3v) is 5.53. The number of nitriles is 1. The Morgan fingerprint density at radius 1 is 1.26 bits per heavy atom. The van der Waals surface area contributed by atoms with Gasteiger partial charge in [-0.15, -0.1) is 0 Å². The van der Waals surface area contributed by atoms with E-state index >= 15 is 0 Å². The number of hydrogen-bond acceptors (Lipinski definition) is 7. The highest BCUT2D eigenvalue weighted by atomic mass is 19.4. The first-order chi connectivity index (χ1) is 14.6. The van der Waals surface area contributed by atoms with Gasteiger partial charge in [0.05, 0.1) is 17.9 Å². The molecule has 0 aromatic carbocycles. The molecule has 0 amide bonds. The molecule has 1 aliphatic rings. The molecule has 0 aliphatic heterocycles. The van der Waals surface area contributed by atoms with Gasteiger partial charge in [0.1, 0.15) is 17.5 Å². The summed E-state index contributed by atoms with van der Waals surface area (Å²) < 4.78 is 38.4. The van der Waals surface area contributed by atoms with Crippen molar-refractivity contribution in [1.29, 1.82) is 5.26 Å². The van der Waals surface area contributed by atoms with Crippen LogP contribution in [0.25, 0.3) is 0 Å². The highest BCUT2D eigenvalue weighted by molar-refractivity contribution is 5.54. The summed E-state index contributed by atoms with van der Waals surface area (Å²) in [4.78, 5) is 12.1. The predicted octanol–water partition coefficient (Wildman–Crippen LogP) is 3.77. The van der Waals surface area contributed by atoms with Crippen LogP contribution in [0.4, 0.5) is 24.9 Å². The number of nitrogens with one attached hydrogen (secondary N) is 2. The summed E-state index contributed by atoms with van der Waals surface area (Å²) in [7, 11) is 0. The number of anilines is 2. The van der Waals surface area contributed by atoms with Crippen LogP contribution < -0.4 is 10.6 Å². The number of nitrogens with zero attached hydrogens (tertiary/aromatic N) is 4. The zero-order valence-electron chi connectivity index (χ0n) is 17.4. The second-order valence-electron chi connectivity index (χ2n) is 8.45. The molecule has 3 N–H and O–H groups in total. The zero-order valence-corrected chi connectivity index (χ0v) is 17.4. The van der Waals surface area contributed by atoms with Gasteiger partial charge in [0.15, 0.2) is 0 Å². The molecule has 7 nitrogen and oxygen atoms in total. The van der Waals surface area contributed by atoms with E-state index in [1.807, 2.05) is 13.8 Å². The number of hydrogen-bond donors (Lipinski definition) is 3. The molecule has 1 aliphatic carbocycles. The van der Waals surface area contributed by atoms with Crippen molar-refractivity contribution in [3.8, 4) is 6.07 Å². The molecule has 0 spiro atoms. The van der Waals surface area contributed by atoms with E-state index in [0.717, 1.165) is 25.1 Å². The minimum atomic E-state index is -4.43. The molecule has 2 aromatic heterocycles. The lowest BCUT2D eigenvalue weighted by molar-refractivity contribution is -0.137. The number of halogens is 3. The molecule has 31 heavy (non-hydrogen) atoms. The number of alkyl halides is 3. The SMILES string of the molecule is CC1(C)C[C@H](Nc2nc(NCCc3cncc(C(F)(F)F)c3)ncc2C#N)CC[C@@H]1O. The smallest absolute Gasteiger partial charge is 0.393 e. The number of aliphatic hydroxyl groups excluding tert-OH is 1. The van der Waals surface area contributed by atoms with Gasteiger partial charge < -0.3 is 15.7 Å². The van der Waals surface area contributed by atoms with Crippen molar-refractivity contribution in [3.63, 3.8) is 0 Å². The Morgan fingerprint density at radius 2 is 2.03 bits per heavy atom. The Kier molecular flexibility index (Phi) is 6.65. The highest BCUT2D eigenvalue weighted by Gasteiger charge is 2.36. The van der Waals surface area contributed by atoms with Crippen LogP contribution in [0.1, 0.15) is 49.8 Å². The van der Waals surface area contributed by atoms with E-state index in [1.54, 1.807) is 0 Å². The zero-order chi connectivity index (χ0) is 22.6. The normalized spacial score (nSPS) is 20.7. The second kappa shape index (κ2) is 9.06. The van der Waals surface area contributed by atoms with Gasteiger partial charge in [0.2, 0.25) is 5.95 Å². The van der Waals surface area contributed by atoms with Crippen LogP contribution in [-0.4, -0.2) is 38.7 Å². The third kappa shape index (κ3) is 5.82. The Labute approximate surface area is 178 Å². The molecule has 166 valence electrons. The molecule has 0 unspecified atom stereocenters. The summed E-state index contributed by atoms with van der Waals surface area (Å²) in [5.41, 5.74) is -0.281. The number of pyridine rings is 1. The molecule has 2 atom stereocenters. The van der Waals surface area contributed by atoms with Gasteiger partial charge in [-0.05, 0) is 42.7 Å². The maximum absolute atomic E-state index is 12.8. The van der Waals surface area contributed by atoms with Crippen molar-refractivity contribution in [2.24, 2.45) is 5.41 Å². The minimum absolute atomic E-state index is 0.0597. The third-order valence-electron chi connectivity index (χ3n) is 5.53. The summed E-state index contributed by atoms with van der Waals surface area (Å²) in [6.07, 6.45) is 1.25. The van der Waals surface area contributed by atoms with E-state index in [0.29, 0.717) is 36.3 Å². The van der Waals surface area contributed by atoms with Crippen molar-refractivity contribution < 1.29 is 18.3 Å². The molecule has 1 saturated carbocycles. The van der Waals surface area contributed by atoms with Crippen molar-refractivity contribution in [1.82, 2.24) is 15.0 Å². The van der Waals surface area contributed by atoms with Crippen LogP contribution >= 0.6 is 0 Å². The molecule has 2 heterocycles. The quantitative estimate of drug-likeness (QED) is 0.635. The first-order valence-electron chi connectivity index (χ1n) is 10.1. The molecule has 1 fully saturated rings. The van der Waals surface area contributed by atoms with Gasteiger partial charge in [0.25, 0.3) is 0 Å². The van der Waals surface area contributed by atoms with E-state index in [-0.39, 0.29) is 23.5 Å². The van der Waals surface area contributed by atoms with Gasteiger partial charge in [-0.25, -0.2) is 4.98 Å². The summed E-state index contributed by atoms with van der Waals surface area (Å²) in [5, 5.41) is 25.8. The van der Waals surface area contributed by atoms with Gasteiger partial charge in [-0.2, -0.15) is 23.4 Å². The molecule has 0 bridgehead atoms. The van der Waals surface area contributed by atoms with E-state index in [9.17, 15) is 23.5 Å². The molecule has 2 aromatic rings. The first kappa shape index (κ1) is 22.7. The summed E-state index contributed by atoms with van der Waals surface area (Å²) in [6.45, 7) is 4.32. The maximum atomic E-state index is 12.8. The number of rotatable bonds is 6. The number of aliphatic hydroxyl groups is 1. The molecule has 3 rings (SSSR count). The van der Waals surface area contributed by atoms with Gasteiger partial charge in [-0.3, -0.25) is 4.98 Å². The first-order valence-corrected chi connectivity index (χ1v) is 10.1. The van der Waals surface area contributed by atoms with Gasteiger partial charge >= 0.3 is 6.18 Å². The summed E-state index contributed by atoms with van der Waals surface area (Å²) in [5.74, 6) is 0.675. The van der Waals surface area contributed by atoms with Crippen LogP contribution in [-0.2, 0) is 12.6 Å². The largest absolute Gasteiger partial charge is 0.417 e. The Balaban J connectivity index is 1.64. The van der Waals surface area contributed by atoms with Crippen molar-refractivity contribution in [3.05, 3.63) is 41.3 Å². The fourth-order valence-electron chi connectivity index (χ4n) is 3.70. The lowest BCUT2D eigenvalue weighted by Gasteiger charge is -2.40. The van der Waals surface area contributed by atoms with Crippen LogP contribution in [0, 0.1) is 16.7 Å². The Bertz CT molecular complexity index is 957. The van der Waals surface area contributed by atoms with Crippen molar-refractivity contribution >= 4 is 11.8 Å². The van der Waals surface area contributed by atoms with Crippen LogP contribution in [0.15, 0.2) is 24.7 Å².